The van der Waals surface area contributed by atoms with Gasteiger partial charge in [-0.2, -0.15) is 13.2 Å². The Bertz CT molecular complexity index is 795. The normalized spacial score (nSPS) is 31.9. The number of hydrogen-bond donors (Lipinski definition) is 4. The van der Waals surface area contributed by atoms with Crippen molar-refractivity contribution < 1.29 is 37.8 Å². The number of hydrogen-bond acceptors (Lipinski definition) is 4. The number of fused-ring (bicyclic) bond motifs is 1. The summed E-state index contributed by atoms with van der Waals surface area (Å²) in [6.45, 7) is 0. The number of halogens is 3. The molecule has 0 spiro atoms. The van der Waals surface area contributed by atoms with Crippen LogP contribution < -0.4 is 11.1 Å². The van der Waals surface area contributed by atoms with Crippen LogP contribution in [0.2, 0.25) is 0 Å². The van der Waals surface area contributed by atoms with Crippen LogP contribution in [0.3, 0.4) is 0 Å². The summed E-state index contributed by atoms with van der Waals surface area (Å²) in [6, 6.07) is 3.88. The van der Waals surface area contributed by atoms with Crippen LogP contribution in [-0.2, 0) is 20.6 Å². The van der Waals surface area contributed by atoms with Crippen molar-refractivity contribution in [3.05, 3.63) is 29.8 Å². The summed E-state index contributed by atoms with van der Waals surface area (Å²) in [4.78, 5) is 34.9. The van der Waals surface area contributed by atoms with Crippen LogP contribution in [0.5, 0.6) is 0 Å². The van der Waals surface area contributed by atoms with Crippen LogP contribution in [0.25, 0.3) is 0 Å². The molecular formula is C17H17F3N2O5. The number of aliphatic carboxylic acids is 2. The number of carbonyl (C=O) groups excluding carboxylic acids is 1. The van der Waals surface area contributed by atoms with Gasteiger partial charge in [0.15, 0.2) is 0 Å². The van der Waals surface area contributed by atoms with Gasteiger partial charge in [0.1, 0.15) is 5.54 Å². The fraction of sp³-hybridized carbons (Fsp3) is 0.471. The lowest BCUT2D eigenvalue weighted by Crippen LogP contribution is -2.50. The lowest BCUT2D eigenvalue weighted by atomic mass is 9.86. The zero-order valence-electron chi connectivity index (χ0n) is 13.9. The maximum atomic E-state index is 12.5. The first-order valence-electron chi connectivity index (χ1n) is 8.17. The van der Waals surface area contributed by atoms with Crippen LogP contribution in [0.1, 0.15) is 18.4 Å². The summed E-state index contributed by atoms with van der Waals surface area (Å²) in [7, 11) is 0. The van der Waals surface area contributed by atoms with Gasteiger partial charge in [0.2, 0.25) is 5.91 Å². The van der Waals surface area contributed by atoms with Gasteiger partial charge in [-0.1, -0.05) is 0 Å². The number of carboxylic acids is 2. The highest BCUT2D eigenvalue weighted by atomic mass is 19.4. The molecule has 2 saturated carbocycles. The fourth-order valence-electron chi connectivity index (χ4n) is 4.24. The fourth-order valence-corrected chi connectivity index (χ4v) is 4.24. The predicted molar refractivity (Wildman–Crippen MR) is 85.5 cm³/mol. The summed E-state index contributed by atoms with van der Waals surface area (Å²) in [6.07, 6.45) is -4.67. The second-order valence-electron chi connectivity index (χ2n) is 7.10. The van der Waals surface area contributed by atoms with Gasteiger partial charge in [-0.25, -0.2) is 0 Å². The quantitative estimate of drug-likeness (QED) is 0.610. The van der Waals surface area contributed by atoms with Crippen molar-refractivity contribution in [1.82, 2.24) is 0 Å². The Morgan fingerprint density at radius 3 is 2.26 bits per heavy atom. The van der Waals surface area contributed by atoms with Crippen LogP contribution in [-0.4, -0.2) is 33.6 Å². The Balaban J connectivity index is 1.66. The van der Waals surface area contributed by atoms with Gasteiger partial charge < -0.3 is 21.3 Å². The number of amides is 1. The zero-order chi connectivity index (χ0) is 20.1. The summed E-state index contributed by atoms with van der Waals surface area (Å²) in [5, 5.41) is 21.0. The molecule has 5 atom stereocenters. The molecule has 0 aromatic heterocycles. The lowest BCUT2D eigenvalue weighted by molar-refractivity contribution is -0.146. The number of carboxylic acid groups (broad SMARTS) is 2. The molecule has 0 heterocycles. The van der Waals surface area contributed by atoms with E-state index in [9.17, 15) is 37.8 Å². The van der Waals surface area contributed by atoms with E-state index in [-0.39, 0.29) is 18.5 Å². The van der Waals surface area contributed by atoms with Crippen molar-refractivity contribution in [2.45, 2.75) is 24.6 Å². The van der Waals surface area contributed by atoms with E-state index in [4.69, 9.17) is 5.73 Å². The highest BCUT2D eigenvalue weighted by Gasteiger charge is 2.73. The maximum Gasteiger partial charge on any atom is 0.416 e. The van der Waals surface area contributed by atoms with E-state index in [1.807, 2.05) is 0 Å². The minimum absolute atomic E-state index is 0.0259. The van der Waals surface area contributed by atoms with Gasteiger partial charge >= 0.3 is 18.1 Å². The summed E-state index contributed by atoms with van der Waals surface area (Å²) < 4.78 is 37.6. The van der Waals surface area contributed by atoms with Crippen molar-refractivity contribution >= 4 is 23.5 Å². The Hall–Kier alpha value is -2.62. The Morgan fingerprint density at radius 1 is 1.19 bits per heavy atom. The average molecular weight is 386 g/mol. The van der Waals surface area contributed by atoms with E-state index in [0.717, 1.165) is 24.3 Å². The lowest BCUT2D eigenvalue weighted by Gasteiger charge is -2.24. The first kappa shape index (κ1) is 19.2. The number of anilines is 1. The van der Waals surface area contributed by atoms with Crippen molar-refractivity contribution in [3.8, 4) is 0 Å². The van der Waals surface area contributed by atoms with E-state index in [2.05, 4.69) is 5.32 Å². The third-order valence-electron chi connectivity index (χ3n) is 5.44. The molecule has 5 N–H and O–H groups in total. The van der Waals surface area contributed by atoms with Crippen LogP contribution in [0.15, 0.2) is 24.3 Å². The molecular weight excluding hydrogens is 369 g/mol. The van der Waals surface area contributed by atoms with Crippen molar-refractivity contribution in [3.63, 3.8) is 0 Å². The minimum Gasteiger partial charge on any atom is -0.481 e. The third-order valence-corrected chi connectivity index (χ3v) is 5.44. The topological polar surface area (TPSA) is 130 Å². The number of nitrogens with one attached hydrogen (secondary N) is 1. The molecule has 1 aromatic carbocycles. The molecule has 0 bridgehead atoms. The van der Waals surface area contributed by atoms with Crippen molar-refractivity contribution in [1.29, 1.82) is 0 Å². The summed E-state index contributed by atoms with van der Waals surface area (Å²) in [5.41, 5.74) is 3.51. The molecule has 2 aliphatic carbocycles. The molecule has 2 unspecified atom stereocenters. The maximum absolute atomic E-state index is 12.5. The first-order valence-corrected chi connectivity index (χ1v) is 8.17. The van der Waals surface area contributed by atoms with Crippen LogP contribution >= 0.6 is 0 Å². The average Bonchev–Trinajstić information content (AvgIpc) is 3.23. The predicted octanol–water partition coefficient (Wildman–Crippen LogP) is 1.78. The second-order valence-corrected chi connectivity index (χ2v) is 7.10. The first-order chi connectivity index (χ1) is 12.4. The van der Waals surface area contributed by atoms with E-state index in [1.165, 1.54) is 0 Å². The number of alkyl halides is 3. The Morgan fingerprint density at radius 2 is 1.78 bits per heavy atom. The monoisotopic (exact) mass is 386 g/mol. The number of rotatable bonds is 5. The van der Waals surface area contributed by atoms with E-state index in [0.29, 0.717) is 0 Å². The molecule has 0 saturated heterocycles. The highest BCUT2D eigenvalue weighted by molar-refractivity contribution is 5.92. The van der Waals surface area contributed by atoms with Gasteiger partial charge in [0.25, 0.3) is 0 Å². The van der Waals surface area contributed by atoms with Gasteiger partial charge in [-0.15, -0.1) is 0 Å². The highest BCUT2D eigenvalue weighted by Crippen LogP contribution is 2.65. The van der Waals surface area contributed by atoms with Gasteiger partial charge in [0, 0.05) is 18.0 Å². The van der Waals surface area contributed by atoms with Gasteiger partial charge in [-0.3, -0.25) is 14.4 Å². The van der Waals surface area contributed by atoms with E-state index < -0.39 is 58.8 Å². The third kappa shape index (κ3) is 3.36. The molecule has 2 aliphatic rings. The van der Waals surface area contributed by atoms with Crippen LogP contribution in [0, 0.1) is 23.7 Å². The van der Waals surface area contributed by atoms with Gasteiger partial charge in [-0.05, 0) is 42.5 Å². The number of benzene rings is 1. The number of nitrogens with two attached hydrogens (primary N) is 1. The zero-order valence-corrected chi connectivity index (χ0v) is 13.9. The number of carbonyl (C=O) groups is 3. The largest absolute Gasteiger partial charge is 0.481 e. The molecule has 27 heavy (non-hydrogen) atoms. The Kier molecular flexibility index (Phi) is 4.41. The molecule has 1 amide bonds. The molecule has 10 heteroatoms. The van der Waals surface area contributed by atoms with E-state index >= 15 is 0 Å². The standard InChI is InChI=1S/C17H17F3N2O5/c18-17(19,20)8-1-3-9(4-2-8)22-10(23)5-7-6-16(21,15(26)27)13-11(7)12(13)14(24)25/h1-4,7,11-13H,5-6,21H2,(H,22,23)(H,24,25)(H,26,27)/t7-,11?,12-,13?,16-/m0/s1. The van der Waals surface area contributed by atoms with Crippen molar-refractivity contribution in [2.75, 3.05) is 5.32 Å². The van der Waals surface area contributed by atoms with Crippen molar-refractivity contribution in [2.24, 2.45) is 29.4 Å². The van der Waals surface area contributed by atoms with Crippen LogP contribution in [0.4, 0.5) is 18.9 Å². The molecule has 1 aromatic rings. The molecule has 0 aliphatic heterocycles. The summed E-state index contributed by atoms with van der Waals surface area (Å²) >= 11 is 0. The van der Waals surface area contributed by atoms with Gasteiger partial charge in [0.05, 0.1) is 11.5 Å². The smallest absolute Gasteiger partial charge is 0.416 e. The minimum atomic E-state index is -4.49. The molecule has 2 fully saturated rings. The molecule has 146 valence electrons. The molecule has 3 rings (SSSR count). The molecule has 0 radical (unpaired) electrons. The van der Waals surface area contributed by atoms with E-state index in [1.54, 1.807) is 0 Å². The SMILES string of the molecule is N[C@@]1(C(=O)O)C[C@H](CC(=O)Nc2ccc(C(F)(F)F)cc2)C2C1[C@H]2C(=O)O. The molecule has 7 nitrogen and oxygen atoms in total. The second kappa shape index (κ2) is 6.22. The summed E-state index contributed by atoms with van der Waals surface area (Å²) in [5.74, 6) is -5.63. The Labute approximate surface area is 151 Å².